The first-order valence-corrected chi connectivity index (χ1v) is 12.6. The summed E-state index contributed by atoms with van der Waals surface area (Å²) in [5.74, 6) is -1.46. The van der Waals surface area contributed by atoms with E-state index in [1.54, 1.807) is 55.6 Å². The van der Waals surface area contributed by atoms with Gasteiger partial charge in [-0.1, -0.05) is 18.2 Å². The first-order chi connectivity index (χ1) is 19.4. The van der Waals surface area contributed by atoms with Gasteiger partial charge >= 0.3 is 0 Å². The Morgan fingerprint density at radius 1 is 0.950 bits per heavy atom. The van der Waals surface area contributed by atoms with Crippen LogP contribution in [-0.2, 0) is 24.3 Å². The van der Waals surface area contributed by atoms with Crippen LogP contribution in [0.2, 0.25) is 0 Å². The van der Waals surface area contributed by atoms with Gasteiger partial charge in [-0.15, -0.1) is 0 Å². The minimum atomic E-state index is -0.756. The SMILES string of the molecule is COCCn1c(Cc2c(F)cc(-c3cccnc3OCc3ccccc3F)cc2F)nc2ccc(C(C)=O)cc21. The summed E-state index contributed by atoms with van der Waals surface area (Å²) in [5.41, 5.74) is 2.59. The van der Waals surface area contributed by atoms with Crippen molar-refractivity contribution in [2.75, 3.05) is 13.7 Å². The third-order valence-electron chi connectivity index (χ3n) is 6.63. The van der Waals surface area contributed by atoms with Crippen molar-refractivity contribution in [1.29, 1.82) is 0 Å². The van der Waals surface area contributed by atoms with Crippen LogP contribution in [0.1, 0.15) is 34.2 Å². The number of pyridine rings is 1. The maximum atomic E-state index is 15.5. The molecule has 0 aliphatic carbocycles. The molecule has 204 valence electrons. The number of rotatable bonds is 10. The van der Waals surface area contributed by atoms with Gasteiger partial charge in [0.25, 0.3) is 0 Å². The number of fused-ring (bicyclic) bond motifs is 1. The number of hydrogen-bond acceptors (Lipinski definition) is 5. The van der Waals surface area contributed by atoms with Crippen molar-refractivity contribution in [2.45, 2.75) is 26.5 Å². The molecule has 5 rings (SSSR count). The number of imidazole rings is 1. The van der Waals surface area contributed by atoms with Crippen LogP contribution in [0.5, 0.6) is 5.88 Å². The Balaban J connectivity index is 1.47. The molecular formula is C31H26F3N3O3. The number of ketones is 1. The second kappa shape index (κ2) is 11.7. The van der Waals surface area contributed by atoms with E-state index >= 15 is 8.78 Å². The topological polar surface area (TPSA) is 66.2 Å². The van der Waals surface area contributed by atoms with Crippen LogP contribution in [0.15, 0.2) is 72.9 Å². The molecule has 0 aliphatic rings. The Morgan fingerprint density at radius 3 is 2.45 bits per heavy atom. The van der Waals surface area contributed by atoms with Crippen LogP contribution >= 0.6 is 0 Å². The number of nitrogens with zero attached hydrogens (tertiary/aromatic N) is 3. The van der Waals surface area contributed by atoms with Crippen LogP contribution in [0, 0.1) is 17.5 Å². The fourth-order valence-corrected chi connectivity index (χ4v) is 4.53. The van der Waals surface area contributed by atoms with Gasteiger partial charge < -0.3 is 14.0 Å². The molecule has 5 aromatic rings. The van der Waals surface area contributed by atoms with E-state index in [2.05, 4.69) is 9.97 Å². The lowest BCUT2D eigenvalue weighted by molar-refractivity contribution is 0.101. The van der Waals surface area contributed by atoms with Crippen molar-refractivity contribution in [1.82, 2.24) is 14.5 Å². The Kier molecular flexibility index (Phi) is 7.93. The summed E-state index contributed by atoms with van der Waals surface area (Å²) in [6.07, 6.45) is 1.37. The Morgan fingerprint density at radius 2 is 1.73 bits per heavy atom. The van der Waals surface area contributed by atoms with Crippen molar-refractivity contribution in [3.63, 3.8) is 0 Å². The lowest BCUT2D eigenvalue weighted by atomic mass is 10.0. The zero-order valence-corrected chi connectivity index (χ0v) is 22.0. The lowest BCUT2D eigenvalue weighted by Gasteiger charge is -2.13. The minimum absolute atomic E-state index is 0.0942. The maximum absolute atomic E-state index is 15.5. The van der Waals surface area contributed by atoms with Crippen molar-refractivity contribution in [2.24, 2.45) is 0 Å². The number of methoxy groups -OCH3 is 1. The number of halogens is 3. The molecule has 0 N–H and O–H groups in total. The average molecular weight is 546 g/mol. The van der Waals surface area contributed by atoms with E-state index in [-0.39, 0.29) is 35.8 Å². The lowest BCUT2D eigenvalue weighted by Crippen LogP contribution is -2.10. The monoisotopic (exact) mass is 545 g/mol. The molecule has 0 bridgehead atoms. The molecule has 0 aliphatic heterocycles. The molecule has 0 atom stereocenters. The van der Waals surface area contributed by atoms with Gasteiger partial charge in [-0.25, -0.2) is 23.1 Å². The number of carbonyl (C=O) groups excluding carboxylic acids is 1. The second-order valence-corrected chi connectivity index (χ2v) is 9.26. The predicted octanol–water partition coefficient (Wildman–Crippen LogP) is 6.53. The van der Waals surface area contributed by atoms with Gasteiger partial charge in [0, 0.05) is 48.5 Å². The van der Waals surface area contributed by atoms with Crippen molar-refractivity contribution in [3.05, 3.63) is 113 Å². The highest BCUT2D eigenvalue weighted by molar-refractivity contribution is 5.97. The molecule has 40 heavy (non-hydrogen) atoms. The molecule has 0 saturated carbocycles. The van der Waals surface area contributed by atoms with E-state index in [1.165, 1.54) is 31.3 Å². The summed E-state index contributed by atoms with van der Waals surface area (Å²) < 4.78 is 57.7. The number of benzene rings is 3. The highest BCUT2D eigenvalue weighted by Crippen LogP contribution is 2.32. The molecule has 3 aromatic carbocycles. The standard InChI is InChI=1S/C31H26F3N3O3/c1-19(38)20-9-10-28-29(16-20)37(12-13-39-2)30(36-28)17-24-26(33)14-22(15-27(24)34)23-7-5-11-35-31(23)40-18-21-6-3-4-8-25(21)32/h3-11,14-16H,12-13,17-18H2,1-2H3. The molecule has 0 saturated heterocycles. The normalized spacial score (nSPS) is 11.2. The Labute approximate surface area is 229 Å². The van der Waals surface area contributed by atoms with Gasteiger partial charge in [-0.05, 0) is 61.0 Å². The predicted molar refractivity (Wildman–Crippen MR) is 145 cm³/mol. The summed E-state index contributed by atoms with van der Waals surface area (Å²) in [6.45, 7) is 2.12. The summed E-state index contributed by atoms with van der Waals surface area (Å²) in [5, 5.41) is 0. The number of Topliss-reactive ketones (excluding diaryl/α,β-unsaturated/α-hetero) is 1. The van der Waals surface area contributed by atoms with E-state index in [1.807, 2.05) is 4.57 Å². The van der Waals surface area contributed by atoms with Crippen LogP contribution in [0.4, 0.5) is 13.2 Å². The summed E-state index contributed by atoms with van der Waals surface area (Å²) in [6, 6.07) is 17.0. The van der Waals surface area contributed by atoms with Crippen molar-refractivity contribution in [3.8, 4) is 17.0 Å². The molecule has 6 nitrogen and oxygen atoms in total. The molecule has 2 heterocycles. The van der Waals surface area contributed by atoms with Crippen LogP contribution in [-0.4, -0.2) is 34.0 Å². The Bertz CT molecular complexity index is 1680. The third kappa shape index (κ3) is 5.60. The third-order valence-corrected chi connectivity index (χ3v) is 6.63. The smallest absolute Gasteiger partial charge is 0.221 e. The van der Waals surface area contributed by atoms with E-state index in [9.17, 15) is 9.18 Å². The molecule has 0 spiro atoms. The number of ether oxygens (including phenoxy) is 2. The van der Waals surface area contributed by atoms with E-state index < -0.39 is 17.5 Å². The van der Waals surface area contributed by atoms with Crippen LogP contribution in [0.25, 0.3) is 22.2 Å². The van der Waals surface area contributed by atoms with Gasteiger partial charge in [-0.3, -0.25) is 4.79 Å². The van der Waals surface area contributed by atoms with Crippen molar-refractivity contribution >= 4 is 16.8 Å². The molecular weight excluding hydrogens is 519 g/mol. The molecule has 9 heteroatoms. The summed E-state index contributed by atoms with van der Waals surface area (Å²) >= 11 is 0. The molecule has 0 unspecified atom stereocenters. The molecule has 0 fully saturated rings. The van der Waals surface area contributed by atoms with Gasteiger partial charge in [-0.2, -0.15) is 0 Å². The van der Waals surface area contributed by atoms with Gasteiger partial charge in [0.15, 0.2) is 5.78 Å². The fourth-order valence-electron chi connectivity index (χ4n) is 4.53. The van der Waals surface area contributed by atoms with Crippen LogP contribution < -0.4 is 4.74 Å². The number of aromatic nitrogens is 3. The maximum Gasteiger partial charge on any atom is 0.221 e. The molecule has 2 aromatic heterocycles. The first-order valence-electron chi connectivity index (χ1n) is 12.6. The summed E-state index contributed by atoms with van der Waals surface area (Å²) in [7, 11) is 1.56. The largest absolute Gasteiger partial charge is 0.472 e. The molecule has 0 amide bonds. The minimum Gasteiger partial charge on any atom is -0.472 e. The highest BCUT2D eigenvalue weighted by Gasteiger charge is 2.20. The zero-order valence-electron chi connectivity index (χ0n) is 22.0. The van der Waals surface area contributed by atoms with E-state index in [0.29, 0.717) is 46.7 Å². The fraction of sp³-hybridized carbons (Fsp3) is 0.194. The van der Waals surface area contributed by atoms with Crippen LogP contribution in [0.3, 0.4) is 0 Å². The van der Waals surface area contributed by atoms with Gasteiger partial charge in [0.1, 0.15) is 29.9 Å². The quantitative estimate of drug-likeness (QED) is 0.187. The highest BCUT2D eigenvalue weighted by atomic mass is 19.1. The number of hydrogen-bond donors (Lipinski definition) is 0. The first kappa shape index (κ1) is 27.1. The van der Waals surface area contributed by atoms with Gasteiger partial charge in [0.05, 0.1) is 17.6 Å². The average Bonchev–Trinajstić information content (AvgIpc) is 3.29. The summed E-state index contributed by atoms with van der Waals surface area (Å²) in [4.78, 5) is 20.7. The Hall–Kier alpha value is -4.50. The zero-order chi connectivity index (χ0) is 28.2. The van der Waals surface area contributed by atoms with Crippen molar-refractivity contribution < 1.29 is 27.4 Å². The van der Waals surface area contributed by atoms with Gasteiger partial charge in [0.2, 0.25) is 5.88 Å². The number of carbonyl (C=O) groups is 1. The molecule has 0 radical (unpaired) electrons. The second-order valence-electron chi connectivity index (χ2n) is 9.26. The van der Waals surface area contributed by atoms with E-state index in [0.717, 1.165) is 0 Å². The van der Waals surface area contributed by atoms with E-state index in [4.69, 9.17) is 9.47 Å².